The number of H-pyrrole nitrogens is 1. The Balaban J connectivity index is 2.17. The topological polar surface area (TPSA) is 270 Å². The Labute approximate surface area is 176 Å². The molecule has 1 aromatic heterocycles. The number of ether oxygens (including phenoxy) is 2. The van der Waals surface area contributed by atoms with E-state index in [2.05, 4.69) is 13.1 Å². The van der Waals surface area contributed by atoms with Crippen LogP contribution in [0, 0.1) is 0 Å². The number of esters is 1. The maximum atomic E-state index is 12.0. The molecule has 2 unspecified atom stereocenters. The zero-order valence-corrected chi connectivity index (χ0v) is 18.4. The molecule has 0 amide bonds. The average molecular weight is 526 g/mol. The summed E-state index contributed by atoms with van der Waals surface area (Å²) < 4.78 is 56.2. The first-order valence-electron chi connectivity index (χ1n) is 8.10. The molecule has 6 atom stereocenters. The predicted molar refractivity (Wildman–Crippen MR) is 96.6 cm³/mol. The van der Waals surface area contributed by atoms with E-state index >= 15 is 0 Å². The van der Waals surface area contributed by atoms with Crippen LogP contribution >= 0.6 is 23.5 Å². The summed E-state index contributed by atoms with van der Waals surface area (Å²) in [5.74, 6) is -0.909. The number of carbonyl (C=O) groups is 1. The number of aliphatic hydroxyl groups excluding tert-OH is 1. The number of aromatic nitrogens is 2. The molecular formula is C11H17N2O16P3. The summed E-state index contributed by atoms with van der Waals surface area (Å²) >= 11 is 0. The van der Waals surface area contributed by atoms with Gasteiger partial charge in [0.1, 0.15) is 12.2 Å². The molecule has 0 saturated carbocycles. The second-order valence-electron chi connectivity index (χ2n) is 6.03. The van der Waals surface area contributed by atoms with Gasteiger partial charge in [0, 0.05) is 19.2 Å². The minimum atomic E-state index is -5.77. The molecule has 2 rings (SSSR count). The van der Waals surface area contributed by atoms with Gasteiger partial charge in [0.25, 0.3) is 5.56 Å². The van der Waals surface area contributed by atoms with Gasteiger partial charge in [-0.3, -0.25) is 23.7 Å². The summed E-state index contributed by atoms with van der Waals surface area (Å²) in [7, 11) is -16.9. The first-order chi connectivity index (χ1) is 14.5. The van der Waals surface area contributed by atoms with Crippen LogP contribution in [0.1, 0.15) is 13.2 Å². The van der Waals surface area contributed by atoms with Gasteiger partial charge in [0.15, 0.2) is 12.3 Å². The Morgan fingerprint density at radius 3 is 2.31 bits per heavy atom. The van der Waals surface area contributed by atoms with Gasteiger partial charge >= 0.3 is 35.1 Å². The first-order valence-corrected chi connectivity index (χ1v) is 12.6. The normalized spacial score (nSPS) is 27.4. The molecule has 0 spiro atoms. The lowest BCUT2D eigenvalue weighted by atomic mass is 10.1. The van der Waals surface area contributed by atoms with Crippen LogP contribution in [0.25, 0.3) is 0 Å². The fourth-order valence-corrected chi connectivity index (χ4v) is 5.53. The molecular weight excluding hydrogens is 509 g/mol. The van der Waals surface area contributed by atoms with Crippen molar-refractivity contribution in [3.8, 4) is 0 Å². The van der Waals surface area contributed by atoms with Crippen LogP contribution in [-0.2, 0) is 41.1 Å². The van der Waals surface area contributed by atoms with E-state index in [1.807, 2.05) is 4.98 Å². The molecule has 1 aromatic rings. The lowest BCUT2D eigenvalue weighted by Crippen LogP contribution is -2.40. The molecule has 18 nitrogen and oxygen atoms in total. The van der Waals surface area contributed by atoms with E-state index in [9.17, 15) is 38.1 Å². The van der Waals surface area contributed by atoms with Crippen molar-refractivity contribution in [2.24, 2.45) is 0 Å². The standard InChI is InChI=1S/C11H17N2O16P3/c1-5(14)26-9-8(16)6(27-10(9)13-3-2-7(15)12-11(13)17)4-25-31(21,22)29-32(23,24)28-30(18,19)20/h2-3,6,8-10,16H,4H2,1H3,(H,21,22)(H,23,24)(H,12,15,17)(H2,18,19,20)/t6-,8+,9-,10-/m1/s1. The molecule has 182 valence electrons. The molecule has 1 fully saturated rings. The van der Waals surface area contributed by atoms with E-state index < -0.39 is 71.8 Å². The van der Waals surface area contributed by atoms with Crippen LogP contribution in [0.2, 0.25) is 0 Å². The summed E-state index contributed by atoms with van der Waals surface area (Å²) in [5, 5.41) is 10.3. The van der Waals surface area contributed by atoms with Crippen LogP contribution in [0.5, 0.6) is 0 Å². The van der Waals surface area contributed by atoms with E-state index in [1.165, 1.54) is 0 Å². The molecule has 1 aliphatic heterocycles. The van der Waals surface area contributed by atoms with E-state index in [0.717, 1.165) is 23.8 Å². The fraction of sp³-hybridized carbons (Fsp3) is 0.545. The molecule has 6 N–H and O–H groups in total. The van der Waals surface area contributed by atoms with Crippen molar-refractivity contribution in [1.29, 1.82) is 0 Å². The molecule has 0 radical (unpaired) electrons. The van der Waals surface area contributed by atoms with Gasteiger partial charge < -0.3 is 34.2 Å². The van der Waals surface area contributed by atoms with Crippen molar-refractivity contribution >= 4 is 29.4 Å². The number of hydrogen-bond donors (Lipinski definition) is 6. The van der Waals surface area contributed by atoms with Gasteiger partial charge in [-0.2, -0.15) is 8.62 Å². The number of nitrogens with zero attached hydrogens (tertiary/aromatic N) is 1. The highest BCUT2D eigenvalue weighted by atomic mass is 31.3. The first kappa shape index (κ1) is 26.7. The summed E-state index contributed by atoms with van der Waals surface area (Å²) in [6.45, 7) is -0.101. The zero-order chi connectivity index (χ0) is 24.5. The van der Waals surface area contributed by atoms with Gasteiger partial charge in [-0.1, -0.05) is 0 Å². The number of hydrogen-bond acceptors (Lipinski definition) is 12. The minimum absolute atomic E-state index is 0.739. The van der Waals surface area contributed by atoms with Crippen molar-refractivity contribution < 1.29 is 65.8 Å². The fourth-order valence-electron chi connectivity index (χ4n) is 2.50. The van der Waals surface area contributed by atoms with Gasteiger partial charge in [0.05, 0.1) is 6.61 Å². The third kappa shape index (κ3) is 7.52. The molecule has 2 heterocycles. The third-order valence-electron chi connectivity index (χ3n) is 3.56. The Morgan fingerprint density at radius 2 is 1.78 bits per heavy atom. The smallest absolute Gasteiger partial charge is 0.455 e. The number of aliphatic hydroxyl groups is 1. The third-order valence-corrected chi connectivity index (χ3v) is 7.36. The maximum Gasteiger partial charge on any atom is 0.490 e. The quantitative estimate of drug-likeness (QED) is 0.151. The second kappa shape index (κ2) is 9.77. The average Bonchev–Trinajstić information content (AvgIpc) is 2.85. The zero-order valence-electron chi connectivity index (χ0n) is 15.7. The van der Waals surface area contributed by atoms with Gasteiger partial charge in [-0.05, 0) is 0 Å². The highest BCUT2D eigenvalue weighted by molar-refractivity contribution is 7.66. The van der Waals surface area contributed by atoms with Crippen LogP contribution in [0.3, 0.4) is 0 Å². The van der Waals surface area contributed by atoms with Crippen molar-refractivity contribution in [2.45, 2.75) is 31.5 Å². The predicted octanol–water partition coefficient (Wildman–Crippen LogP) is -1.93. The number of aromatic amines is 1. The highest BCUT2D eigenvalue weighted by Gasteiger charge is 2.49. The van der Waals surface area contributed by atoms with E-state index in [4.69, 9.17) is 24.2 Å². The Bertz CT molecular complexity index is 1110. The Morgan fingerprint density at radius 1 is 1.16 bits per heavy atom. The molecule has 0 bridgehead atoms. The minimum Gasteiger partial charge on any atom is -0.455 e. The largest absolute Gasteiger partial charge is 0.490 e. The van der Waals surface area contributed by atoms with E-state index in [-0.39, 0.29) is 0 Å². The van der Waals surface area contributed by atoms with Gasteiger partial charge in [-0.15, -0.1) is 0 Å². The molecule has 1 saturated heterocycles. The highest BCUT2D eigenvalue weighted by Crippen LogP contribution is 2.66. The molecule has 0 aliphatic carbocycles. The van der Waals surface area contributed by atoms with Crippen LogP contribution < -0.4 is 11.2 Å². The van der Waals surface area contributed by atoms with Crippen molar-refractivity contribution in [1.82, 2.24) is 9.55 Å². The summed E-state index contributed by atoms with van der Waals surface area (Å²) in [4.78, 5) is 72.0. The lowest BCUT2D eigenvalue weighted by molar-refractivity contribution is -0.156. The number of nitrogens with one attached hydrogen (secondary N) is 1. The van der Waals surface area contributed by atoms with Crippen molar-refractivity contribution in [2.75, 3.05) is 6.61 Å². The molecule has 21 heteroatoms. The van der Waals surface area contributed by atoms with Gasteiger partial charge in [-0.25, -0.2) is 18.5 Å². The van der Waals surface area contributed by atoms with E-state index in [1.54, 1.807) is 0 Å². The second-order valence-corrected chi connectivity index (χ2v) is 10.5. The summed E-state index contributed by atoms with van der Waals surface area (Å²) in [6, 6.07) is 0.918. The van der Waals surface area contributed by atoms with Crippen LogP contribution in [-0.4, -0.2) is 65.1 Å². The van der Waals surface area contributed by atoms with Crippen LogP contribution in [0.4, 0.5) is 0 Å². The number of carbonyl (C=O) groups excluding carboxylic acids is 1. The number of rotatable bonds is 9. The summed E-state index contributed by atoms with van der Waals surface area (Å²) in [6.07, 6.45) is -5.53. The SMILES string of the molecule is CC(=O)O[C@@H]1[C@@H](O)[C@@H](COP(=O)(O)OP(=O)(O)OP(=O)(O)O)O[C@H]1n1ccc(=O)[nH]c1=O. The molecule has 32 heavy (non-hydrogen) atoms. The van der Waals surface area contributed by atoms with Gasteiger partial charge in [0.2, 0.25) is 0 Å². The lowest BCUT2D eigenvalue weighted by Gasteiger charge is -2.21. The maximum absolute atomic E-state index is 12.0. The molecule has 1 aliphatic rings. The monoisotopic (exact) mass is 526 g/mol. The van der Waals surface area contributed by atoms with Crippen molar-refractivity contribution in [3.63, 3.8) is 0 Å². The van der Waals surface area contributed by atoms with E-state index in [0.29, 0.717) is 0 Å². The number of phosphoric acid groups is 3. The van der Waals surface area contributed by atoms with Crippen molar-refractivity contribution in [3.05, 3.63) is 33.1 Å². The Kier molecular flexibility index (Phi) is 8.16. The van der Waals surface area contributed by atoms with Crippen LogP contribution in [0.15, 0.2) is 21.9 Å². The molecule has 0 aromatic carbocycles. The summed E-state index contributed by atoms with van der Waals surface area (Å²) in [5.41, 5.74) is -1.78. The number of phosphoric ester groups is 1. The Hall–Kier alpha value is -1.52.